The van der Waals surface area contributed by atoms with E-state index >= 15 is 0 Å². The fraction of sp³-hybridized carbons (Fsp3) is 0.389. The average molecular weight is 428 g/mol. The van der Waals surface area contributed by atoms with Crippen LogP contribution in [0.5, 0.6) is 0 Å². The Hall–Kier alpha value is -3.12. The molecular formula is C18H20N8O3S. The Kier molecular flexibility index (Phi) is 4.22. The molecule has 0 radical (unpaired) electrons. The molecule has 1 N–H and O–H groups in total. The first-order valence-corrected chi connectivity index (χ1v) is 10.9. The summed E-state index contributed by atoms with van der Waals surface area (Å²) in [6.07, 6.45) is 1.55. The van der Waals surface area contributed by atoms with Gasteiger partial charge in [0.2, 0.25) is 0 Å². The van der Waals surface area contributed by atoms with Crippen molar-refractivity contribution >= 4 is 21.6 Å². The predicted molar refractivity (Wildman–Crippen MR) is 108 cm³/mol. The van der Waals surface area contributed by atoms with E-state index in [1.54, 1.807) is 37.0 Å². The minimum absolute atomic E-state index is 0.0604. The second-order valence-corrected chi connectivity index (χ2v) is 8.90. The predicted octanol–water partition coefficient (Wildman–Crippen LogP) is 0.673. The van der Waals surface area contributed by atoms with Crippen molar-refractivity contribution in [1.29, 1.82) is 0 Å². The van der Waals surface area contributed by atoms with E-state index < -0.39 is 10.0 Å². The number of H-pyrrole nitrogens is 1. The van der Waals surface area contributed by atoms with Crippen LogP contribution in [0.3, 0.4) is 0 Å². The number of hydrogen-bond acceptors (Lipinski definition) is 8. The number of sulfonamides is 1. The summed E-state index contributed by atoms with van der Waals surface area (Å²) in [4.78, 5) is 6.93. The SMILES string of the molecule is Cc1nnn(C)c1-c1cc(N2CCOCC2C)nc2c1S(=O)(=O)N=C2c1ccn[nH]1. The van der Waals surface area contributed by atoms with Crippen molar-refractivity contribution in [1.82, 2.24) is 30.2 Å². The number of rotatable bonds is 3. The lowest BCUT2D eigenvalue weighted by Crippen LogP contribution is -2.44. The standard InChI is InChI=1S/C18H20N8O3S/c1-10-9-29-7-6-26(10)14-8-12(17-11(2)21-24-25(17)3)18-16(20-14)15(23-30(18,27)28)13-4-5-19-22-13/h4-5,8,10H,6-7,9H2,1-3H3,(H,19,22). The second kappa shape index (κ2) is 6.71. The quantitative estimate of drug-likeness (QED) is 0.644. The van der Waals surface area contributed by atoms with Gasteiger partial charge in [-0.15, -0.1) is 5.10 Å². The van der Waals surface area contributed by atoms with Gasteiger partial charge in [-0.25, -0.2) is 9.67 Å². The lowest BCUT2D eigenvalue weighted by molar-refractivity contribution is 0.0985. The molecule has 1 unspecified atom stereocenters. The third-order valence-electron chi connectivity index (χ3n) is 5.32. The summed E-state index contributed by atoms with van der Waals surface area (Å²) >= 11 is 0. The van der Waals surface area contributed by atoms with E-state index in [0.717, 1.165) is 0 Å². The number of aromatic nitrogens is 6. The molecule has 3 aromatic heterocycles. The van der Waals surface area contributed by atoms with Crippen molar-refractivity contribution in [2.45, 2.75) is 24.8 Å². The molecule has 0 spiro atoms. The lowest BCUT2D eigenvalue weighted by Gasteiger charge is -2.34. The molecule has 3 aromatic rings. The summed E-state index contributed by atoms with van der Waals surface area (Å²) in [6.45, 7) is 5.64. The van der Waals surface area contributed by atoms with Gasteiger partial charge in [0, 0.05) is 25.4 Å². The number of fused-ring (bicyclic) bond motifs is 1. The van der Waals surface area contributed by atoms with Gasteiger partial charge in [0.25, 0.3) is 10.0 Å². The van der Waals surface area contributed by atoms with Crippen LogP contribution in [0.4, 0.5) is 5.82 Å². The molecule has 30 heavy (non-hydrogen) atoms. The summed E-state index contributed by atoms with van der Waals surface area (Å²) in [5.74, 6) is 0.657. The highest BCUT2D eigenvalue weighted by molar-refractivity contribution is 7.91. The highest BCUT2D eigenvalue weighted by atomic mass is 32.2. The van der Waals surface area contributed by atoms with Crippen molar-refractivity contribution in [3.05, 3.63) is 35.4 Å². The number of aryl methyl sites for hydroxylation is 2. The molecule has 12 heteroatoms. The molecular weight excluding hydrogens is 408 g/mol. The largest absolute Gasteiger partial charge is 0.377 e. The molecule has 1 saturated heterocycles. The summed E-state index contributed by atoms with van der Waals surface area (Å²) in [7, 11) is -2.23. The van der Waals surface area contributed by atoms with Crippen LogP contribution in [-0.4, -0.2) is 70.1 Å². The molecule has 2 aliphatic heterocycles. The van der Waals surface area contributed by atoms with E-state index in [4.69, 9.17) is 9.72 Å². The zero-order valence-corrected chi connectivity index (χ0v) is 17.5. The molecule has 0 saturated carbocycles. The van der Waals surface area contributed by atoms with Crippen molar-refractivity contribution < 1.29 is 13.2 Å². The van der Waals surface area contributed by atoms with E-state index in [1.165, 1.54) is 0 Å². The zero-order valence-electron chi connectivity index (χ0n) is 16.7. The Morgan fingerprint density at radius 1 is 1.33 bits per heavy atom. The van der Waals surface area contributed by atoms with Crippen LogP contribution in [0.1, 0.15) is 24.0 Å². The molecule has 2 aliphatic rings. The number of aromatic amines is 1. The molecule has 5 heterocycles. The first-order valence-electron chi connectivity index (χ1n) is 9.48. The fourth-order valence-corrected chi connectivity index (χ4v) is 5.27. The maximum Gasteiger partial charge on any atom is 0.285 e. The molecule has 156 valence electrons. The Labute approximate surface area is 172 Å². The van der Waals surface area contributed by atoms with E-state index in [2.05, 4.69) is 29.8 Å². The minimum Gasteiger partial charge on any atom is -0.377 e. The van der Waals surface area contributed by atoms with Crippen LogP contribution < -0.4 is 4.90 Å². The van der Waals surface area contributed by atoms with Crippen LogP contribution in [-0.2, 0) is 21.8 Å². The van der Waals surface area contributed by atoms with Crippen molar-refractivity contribution in [2.75, 3.05) is 24.7 Å². The second-order valence-electron chi connectivity index (χ2n) is 7.36. The van der Waals surface area contributed by atoms with Gasteiger partial charge in [-0.1, -0.05) is 5.21 Å². The number of morpholine rings is 1. The van der Waals surface area contributed by atoms with Gasteiger partial charge in [0.05, 0.1) is 36.3 Å². The Bertz CT molecular complexity index is 1240. The number of hydrogen-bond donors (Lipinski definition) is 1. The topological polar surface area (TPSA) is 131 Å². The molecule has 1 atom stereocenters. The average Bonchev–Trinajstić information content (AvgIpc) is 3.41. The van der Waals surface area contributed by atoms with Gasteiger partial charge in [-0.2, -0.15) is 17.9 Å². The molecule has 1 fully saturated rings. The fourth-order valence-electron chi connectivity index (χ4n) is 3.94. The van der Waals surface area contributed by atoms with Gasteiger partial charge in [-0.3, -0.25) is 5.10 Å². The first kappa shape index (κ1) is 18.9. The summed E-state index contributed by atoms with van der Waals surface area (Å²) in [5.41, 5.74) is 2.75. The molecule has 0 aliphatic carbocycles. The number of pyridine rings is 1. The molecule has 0 amide bonds. The van der Waals surface area contributed by atoms with Gasteiger partial charge >= 0.3 is 0 Å². The van der Waals surface area contributed by atoms with Gasteiger partial charge in [-0.05, 0) is 26.0 Å². The summed E-state index contributed by atoms with van der Waals surface area (Å²) in [5, 5.41) is 14.9. The van der Waals surface area contributed by atoms with E-state index in [9.17, 15) is 8.42 Å². The van der Waals surface area contributed by atoms with Gasteiger partial charge in [0.1, 0.15) is 22.1 Å². The van der Waals surface area contributed by atoms with E-state index in [-0.39, 0.29) is 16.6 Å². The highest BCUT2D eigenvalue weighted by Gasteiger charge is 2.38. The van der Waals surface area contributed by atoms with Crippen molar-refractivity contribution in [3.63, 3.8) is 0 Å². The minimum atomic E-state index is -3.97. The lowest BCUT2D eigenvalue weighted by atomic mass is 10.1. The first-order chi connectivity index (χ1) is 14.4. The Balaban J connectivity index is 1.81. The highest BCUT2D eigenvalue weighted by Crippen LogP contribution is 2.39. The number of anilines is 1. The Morgan fingerprint density at radius 3 is 2.83 bits per heavy atom. The van der Waals surface area contributed by atoms with E-state index in [0.29, 0.717) is 53.9 Å². The zero-order chi connectivity index (χ0) is 21.0. The van der Waals surface area contributed by atoms with Crippen LogP contribution >= 0.6 is 0 Å². The Morgan fingerprint density at radius 2 is 2.17 bits per heavy atom. The maximum absolute atomic E-state index is 13.1. The summed E-state index contributed by atoms with van der Waals surface area (Å²) in [6, 6.07) is 3.55. The van der Waals surface area contributed by atoms with Crippen LogP contribution in [0.2, 0.25) is 0 Å². The molecule has 0 bridgehead atoms. The molecule has 5 rings (SSSR count). The third kappa shape index (κ3) is 2.82. The van der Waals surface area contributed by atoms with E-state index in [1.807, 2.05) is 6.92 Å². The number of ether oxygens (including phenoxy) is 1. The number of nitrogens with zero attached hydrogens (tertiary/aromatic N) is 7. The van der Waals surface area contributed by atoms with Crippen LogP contribution in [0, 0.1) is 6.92 Å². The van der Waals surface area contributed by atoms with Crippen LogP contribution in [0.25, 0.3) is 11.3 Å². The van der Waals surface area contributed by atoms with Crippen molar-refractivity contribution in [3.8, 4) is 11.3 Å². The monoisotopic (exact) mass is 428 g/mol. The summed E-state index contributed by atoms with van der Waals surface area (Å²) < 4.78 is 37.4. The van der Waals surface area contributed by atoms with Crippen molar-refractivity contribution in [2.24, 2.45) is 11.4 Å². The third-order valence-corrected chi connectivity index (χ3v) is 6.67. The van der Waals surface area contributed by atoms with Gasteiger partial charge < -0.3 is 9.64 Å². The number of nitrogens with one attached hydrogen (secondary N) is 1. The molecule has 11 nitrogen and oxygen atoms in total. The van der Waals surface area contributed by atoms with Crippen LogP contribution in [0.15, 0.2) is 27.6 Å². The van der Waals surface area contributed by atoms with Gasteiger partial charge in [0.15, 0.2) is 0 Å². The smallest absolute Gasteiger partial charge is 0.285 e. The normalized spacial score (nSPS) is 20.3. The maximum atomic E-state index is 13.1. The molecule has 0 aromatic carbocycles.